The van der Waals surface area contributed by atoms with E-state index in [2.05, 4.69) is 0 Å². The number of nitrogens with zero attached hydrogens (tertiary/aromatic N) is 1. The smallest absolute Gasteiger partial charge is 0.348 e. The van der Waals surface area contributed by atoms with Gasteiger partial charge < -0.3 is 9.84 Å². The third-order valence-corrected chi connectivity index (χ3v) is 4.65. The molecule has 0 aromatic heterocycles. The lowest BCUT2D eigenvalue weighted by Crippen LogP contribution is -2.27. The van der Waals surface area contributed by atoms with Gasteiger partial charge in [0.25, 0.3) is 5.91 Å². The first kappa shape index (κ1) is 17.1. The van der Waals surface area contributed by atoms with Gasteiger partial charge >= 0.3 is 5.97 Å². The highest BCUT2D eigenvalue weighted by Gasteiger charge is 2.34. The maximum Gasteiger partial charge on any atom is 0.348 e. The monoisotopic (exact) mass is 373 g/mol. The number of benzene rings is 1. The van der Waals surface area contributed by atoms with Gasteiger partial charge in [0.1, 0.15) is 17.1 Å². The van der Waals surface area contributed by atoms with Gasteiger partial charge in [-0.3, -0.25) is 14.5 Å². The van der Waals surface area contributed by atoms with Crippen molar-refractivity contribution >= 4 is 52.0 Å². The zero-order chi connectivity index (χ0) is 18.1. The van der Waals surface area contributed by atoms with E-state index in [0.717, 1.165) is 22.9 Å². The van der Waals surface area contributed by atoms with Crippen molar-refractivity contribution in [2.75, 3.05) is 0 Å². The summed E-state index contributed by atoms with van der Waals surface area (Å²) in [4.78, 5) is 37.7. The normalized spacial score (nSPS) is 21.2. The second-order valence-corrected chi connectivity index (χ2v) is 6.87. The van der Waals surface area contributed by atoms with Crippen LogP contribution in [0, 0.1) is 0 Å². The number of rotatable bonds is 2. The average Bonchev–Trinajstić information content (AvgIpc) is 2.77. The number of carbonyl (C=O) groups is 3. The first-order valence-electron chi connectivity index (χ1n) is 7.08. The quantitative estimate of drug-likeness (QED) is 0.369. The fraction of sp³-hybridized carbons (Fsp3) is 0.0588. The highest BCUT2D eigenvalue weighted by molar-refractivity contribution is 8.26. The Balaban J connectivity index is 1.91. The number of phenolic OH excluding ortho intramolecular Hbond substituents is 1. The number of phenols is 1. The van der Waals surface area contributed by atoms with E-state index >= 15 is 0 Å². The highest BCUT2D eigenvalue weighted by atomic mass is 32.2. The Labute approximate surface area is 152 Å². The molecule has 2 aliphatic rings. The second kappa shape index (κ2) is 6.66. The number of aromatic hydroxyl groups is 1. The number of carbonyl (C=O) groups excluding carboxylic acids is 3. The number of cyclic esters (lactones) is 1. The molecule has 2 heterocycles. The summed E-state index contributed by atoms with van der Waals surface area (Å²) < 4.78 is 5.08. The molecule has 1 aromatic carbocycles. The molecular formula is C17H11NO5S2. The van der Waals surface area contributed by atoms with E-state index in [4.69, 9.17) is 17.0 Å². The summed E-state index contributed by atoms with van der Waals surface area (Å²) in [6, 6.07) is 6.39. The lowest BCUT2D eigenvalue weighted by atomic mass is 10.1. The van der Waals surface area contributed by atoms with Crippen LogP contribution >= 0.6 is 24.0 Å². The van der Waals surface area contributed by atoms with Crippen LogP contribution in [-0.2, 0) is 19.1 Å². The van der Waals surface area contributed by atoms with E-state index in [-0.39, 0.29) is 21.4 Å². The average molecular weight is 373 g/mol. The fourth-order valence-electron chi connectivity index (χ4n) is 2.20. The number of hydrogen-bond donors (Lipinski definition) is 1. The minimum Gasteiger partial charge on any atom is -0.508 e. The van der Waals surface area contributed by atoms with Crippen LogP contribution in [0.1, 0.15) is 12.5 Å². The number of thiocarbonyl (C=S) groups is 1. The summed E-state index contributed by atoms with van der Waals surface area (Å²) in [5.74, 6) is -1.56. The number of amides is 1. The molecule has 1 fully saturated rings. The van der Waals surface area contributed by atoms with Gasteiger partial charge in [0, 0.05) is 12.3 Å². The molecule has 1 N–H and O–H groups in total. The number of thioether (sulfide) groups is 1. The number of hydrogen-bond acceptors (Lipinski definition) is 7. The van der Waals surface area contributed by atoms with Crippen LogP contribution in [0.5, 0.6) is 5.75 Å². The van der Waals surface area contributed by atoms with E-state index in [1.165, 1.54) is 25.1 Å². The molecule has 0 saturated carbocycles. The van der Waals surface area contributed by atoms with E-state index in [1.807, 2.05) is 0 Å². The molecule has 0 bridgehead atoms. The van der Waals surface area contributed by atoms with Crippen molar-refractivity contribution in [2.24, 2.45) is 0 Å². The van der Waals surface area contributed by atoms with Gasteiger partial charge in [-0.15, -0.1) is 0 Å². The molecule has 0 spiro atoms. The first-order valence-corrected chi connectivity index (χ1v) is 8.30. The molecule has 8 heteroatoms. The van der Waals surface area contributed by atoms with Crippen LogP contribution in [0.4, 0.5) is 0 Å². The Bertz CT molecular complexity index is 913. The second-order valence-electron chi connectivity index (χ2n) is 5.20. The summed E-state index contributed by atoms with van der Waals surface area (Å²) >= 11 is 6.20. The predicted molar refractivity (Wildman–Crippen MR) is 96.1 cm³/mol. The van der Waals surface area contributed by atoms with Crippen molar-refractivity contribution in [1.82, 2.24) is 4.90 Å². The molecule has 1 saturated heterocycles. The van der Waals surface area contributed by atoms with Crippen molar-refractivity contribution in [3.63, 3.8) is 0 Å². The molecule has 0 aliphatic carbocycles. The summed E-state index contributed by atoms with van der Waals surface area (Å²) in [5.41, 5.74) is 0.361. The molecule has 25 heavy (non-hydrogen) atoms. The number of esters is 1. The maximum absolute atomic E-state index is 12.5. The molecule has 1 aromatic rings. The number of ether oxygens (including phenoxy) is 1. The van der Waals surface area contributed by atoms with Crippen LogP contribution in [0.2, 0.25) is 0 Å². The Morgan fingerprint density at radius 1 is 1.28 bits per heavy atom. The Kier molecular flexibility index (Phi) is 4.56. The zero-order valence-corrected chi connectivity index (χ0v) is 14.5. The SMILES string of the molecule is CC1=CC(=O)/C(=C/N2C(=O)/C(=C\c3cccc(O)c3)SC2=S)C(=O)O1. The van der Waals surface area contributed by atoms with Crippen molar-refractivity contribution in [3.05, 3.63) is 58.3 Å². The predicted octanol–water partition coefficient (Wildman–Crippen LogP) is 2.51. The summed E-state index contributed by atoms with van der Waals surface area (Å²) in [6.07, 6.45) is 3.85. The van der Waals surface area contributed by atoms with Crippen molar-refractivity contribution < 1.29 is 24.2 Å². The molecule has 0 radical (unpaired) electrons. The summed E-state index contributed by atoms with van der Waals surface area (Å²) in [7, 11) is 0. The van der Waals surface area contributed by atoms with Gasteiger partial charge in [0.15, 0.2) is 10.1 Å². The van der Waals surface area contributed by atoms with Crippen LogP contribution in [0.25, 0.3) is 6.08 Å². The van der Waals surface area contributed by atoms with Crippen LogP contribution in [-0.4, -0.2) is 32.0 Å². The Hall–Kier alpha value is -2.71. The van der Waals surface area contributed by atoms with Crippen molar-refractivity contribution in [2.45, 2.75) is 6.92 Å². The van der Waals surface area contributed by atoms with Crippen molar-refractivity contribution in [3.8, 4) is 5.75 Å². The number of allylic oxidation sites excluding steroid dienone is 2. The highest BCUT2D eigenvalue weighted by Crippen LogP contribution is 2.34. The van der Waals surface area contributed by atoms with E-state index in [9.17, 15) is 19.5 Å². The Morgan fingerprint density at radius 3 is 2.72 bits per heavy atom. The van der Waals surface area contributed by atoms with Crippen molar-refractivity contribution in [1.29, 1.82) is 0 Å². The van der Waals surface area contributed by atoms with E-state index in [1.54, 1.807) is 18.2 Å². The van der Waals surface area contributed by atoms with Gasteiger partial charge in [0.05, 0.1) is 4.91 Å². The fourth-order valence-corrected chi connectivity index (χ4v) is 3.40. The minimum absolute atomic E-state index is 0.0732. The van der Waals surface area contributed by atoms with Crippen LogP contribution in [0.15, 0.2) is 52.8 Å². The first-order chi connectivity index (χ1) is 11.8. The van der Waals surface area contributed by atoms with Gasteiger partial charge in [-0.2, -0.15) is 0 Å². The molecule has 0 atom stereocenters. The summed E-state index contributed by atoms with van der Waals surface area (Å²) in [5, 5.41) is 9.49. The lowest BCUT2D eigenvalue weighted by Gasteiger charge is -2.14. The Morgan fingerprint density at radius 2 is 2.04 bits per heavy atom. The molecule has 0 unspecified atom stereocenters. The lowest BCUT2D eigenvalue weighted by molar-refractivity contribution is -0.137. The molecule has 2 aliphatic heterocycles. The summed E-state index contributed by atoms with van der Waals surface area (Å²) in [6.45, 7) is 1.49. The third-order valence-electron chi connectivity index (χ3n) is 3.32. The largest absolute Gasteiger partial charge is 0.508 e. The van der Waals surface area contributed by atoms with Gasteiger partial charge in [-0.1, -0.05) is 36.1 Å². The molecule has 6 nitrogen and oxygen atoms in total. The third kappa shape index (κ3) is 3.54. The van der Waals surface area contributed by atoms with Crippen LogP contribution < -0.4 is 0 Å². The van der Waals surface area contributed by atoms with Gasteiger partial charge in [-0.05, 0) is 30.7 Å². The maximum atomic E-state index is 12.5. The topological polar surface area (TPSA) is 83.9 Å². The van der Waals surface area contributed by atoms with Gasteiger partial charge in [-0.25, -0.2) is 4.79 Å². The molecular weight excluding hydrogens is 362 g/mol. The zero-order valence-electron chi connectivity index (χ0n) is 12.9. The number of ketones is 1. The molecule has 3 rings (SSSR count). The standard InChI is InChI=1S/C17H11NO5S2/c1-9-5-13(20)12(16(22)23-9)8-18-15(21)14(25-17(18)24)7-10-3-2-4-11(19)6-10/h2-8,19H,1H3/b12-8-,14-7+. The minimum atomic E-state index is -0.823. The van der Waals surface area contributed by atoms with Crippen LogP contribution in [0.3, 0.4) is 0 Å². The molecule has 1 amide bonds. The molecule has 126 valence electrons. The van der Waals surface area contributed by atoms with E-state index in [0.29, 0.717) is 10.5 Å². The van der Waals surface area contributed by atoms with Gasteiger partial charge in [0.2, 0.25) is 0 Å². The van der Waals surface area contributed by atoms with E-state index < -0.39 is 17.7 Å².